The molecule has 0 aromatic heterocycles. The molecule has 0 saturated carbocycles. The van der Waals surface area contributed by atoms with Crippen molar-refractivity contribution >= 4 is 11.4 Å². The fraction of sp³-hybridized carbons (Fsp3) is 0. The highest BCUT2D eigenvalue weighted by molar-refractivity contribution is 6.26. The van der Waals surface area contributed by atoms with E-state index in [0.29, 0.717) is 11.4 Å². The summed E-state index contributed by atoms with van der Waals surface area (Å²) in [6.07, 6.45) is 0. The smallest absolute Gasteiger partial charge is 0.120 e. The summed E-state index contributed by atoms with van der Waals surface area (Å²) in [5, 5.41) is 12.5. The van der Waals surface area contributed by atoms with Gasteiger partial charge in [-0.05, 0) is 17.2 Å². The van der Waals surface area contributed by atoms with Crippen LogP contribution in [0.2, 0.25) is 0 Å². The zero-order valence-corrected chi connectivity index (χ0v) is 8.51. The van der Waals surface area contributed by atoms with Gasteiger partial charge in [-0.3, -0.25) is 0 Å². The average molecular weight is 210 g/mol. The Hall–Kier alpha value is -2.29. The summed E-state index contributed by atoms with van der Waals surface area (Å²) in [5.74, 6) is 0. The van der Waals surface area contributed by atoms with Crippen LogP contribution in [0.15, 0.2) is 47.6 Å². The molecular weight excluding hydrogens is 200 g/mol. The van der Waals surface area contributed by atoms with E-state index in [-0.39, 0.29) is 0 Å². The maximum Gasteiger partial charge on any atom is 0.120 e. The number of benzene rings is 2. The van der Waals surface area contributed by atoms with Gasteiger partial charge >= 0.3 is 0 Å². The summed E-state index contributed by atoms with van der Waals surface area (Å²) in [6, 6.07) is 13.5. The molecule has 0 fully saturated rings. The zero-order valence-electron chi connectivity index (χ0n) is 8.51. The quantitative estimate of drug-likeness (QED) is 0.340. The number of hydrogen-bond acceptors (Lipinski definition) is 3. The maximum absolute atomic E-state index is 9.12. The molecule has 0 unspecified atom stereocenters. The van der Waals surface area contributed by atoms with Crippen molar-refractivity contribution in [3.8, 4) is 11.1 Å². The number of nitrogens with two attached hydrogens (primary N) is 1. The second-order valence-electron chi connectivity index (χ2n) is 3.76. The Morgan fingerprint density at radius 1 is 0.875 bits per heavy atom. The summed E-state index contributed by atoms with van der Waals surface area (Å²) in [7, 11) is 0. The van der Waals surface area contributed by atoms with E-state index < -0.39 is 0 Å². The molecule has 0 bridgehead atoms. The zero-order chi connectivity index (χ0) is 11.1. The largest absolute Gasteiger partial charge is 0.410 e. The van der Waals surface area contributed by atoms with Gasteiger partial charge in [0.2, 0.25) is 0 Å². The van der Waals surface area contributed by atoms with Gasteiger partial charge in [0.1, 0.15) is 5.71 Å². The number of hydrogen-bond donors (Lipinski definition) is 2. The molecule has 0 heterocycles. The molecule has 3 heteroatoms. The highest BCUT2D eigenvalue weighted by Crippen LogP contribution is 2.39. The molecule has 3 rings (SSSR count). The van der Waals surface area contributed by atoms with Crippen LogP contribution in [0.1, 0.15) is 11.1 Å². The van der Waals surface area contributed by atoms with Gasteiger partial charge in [-0.1, -0.05) is 41.6 Å². The number of anilines is 1. The van der Waals surface area contributed by atoms with Gasteiger partial charge in [-0.15, -0.1) is 0 Å². The number of fused-ring (bicyclic) bond motifs is 3. The van der Waals surface area contributed by atoms with Gasteiger partial charge in [0, 0.05) is 16.8 Å². The molecule has 0 atom stereocenters. The molecule has 0 amide bonds. The van der Waals surface area contributed by atoms with Crippen molar-refractivity contribution in [1.29, 1.82) is 0 Å². The van der Waals surface area contributed by atoms with Crippen LogP contribution >= 0.6 is 0 Å². The van der Waals surface area contributed by atoms with E-state index in [2.05, 4.69) is 5.16 Å². The average Bonchev–Trinajstić information content (AvgIpc) is 2.65. The van der Waals surface area contributed by atoms with Crippen LogP contribution in [0.25, 0.3) is 11.1 Å². The predicted molar refractivity (Wildman–Crippen MR) is 63.7 cm³/mol. The van der Waals surface area contributed by atoms with Crippen LogP contribution in [-0.4, -0.2) is 10.9 Å². The molecule has 2 aromatic rings. The molecule has 16 heavy (non-hydrogen) atoms. The lowest BCUT2D eigenvalue weighted by molar-refractivity contribution is 0.320. The Kier molecular flexibility index (Phi) is 1.74. The molecule has 78 valence electrons. The lowest BCUT2D eigenvalue weighted by atomic mass is 10.1. The summed E-state index contributed by atoms with van der Waals surface area (Å²) >= 11 is 0. The van der Waals surface area contributed by atoms with Crippen LogP contribution in [0.5, 0.6) is 0 Å². The van der Waals surface area contributed by atoms with Gasteiger partial charge in [-0.25, -0.2) is 0 Å². The number of nitrogens with zero attached hydrogens (tertiary/aromatic N) is 1. The third kappa shape index (κ3) is 0.997. The van der Waals surface area contributed by atoms with Gasteiger partial charge in [-0.2, -0.15) is 0 Å². The van der Waals surface area contributed by atoms with Crippen molar-refractivity contribution in [3.63, 3.8) is 0 Å². The second kappa shape index (κ2) is 3.10. The number of nitrogen functional groups attached to an aromatic ring is 1. The topological polar surface area (TPSA) is 58.6 Å². The Labute approximate surface area is 92.8 Å². The number of oxime groups is 1. The van der Waals surface area contributed by atoms with Crippen molar-refractivity contribution < 1.29 is 5.21 Å². The van der Waals surface area contributed by atoms with Crippen molar-refractivity contribution in [2.45, 2.75) is 0 Å². The van der Waals surface area contributed by atoms with Gasteiger partial charge in [0.25, 0.3) is 0 Å². The Morgan fingerprint density at radius 2 is 1.56 bits per heavy atom. The molecule has 1 aliphatic carbocycles. The predicted octanol–water partition coefficient (Wildman–Crippen LogP) is 2.48. The van der Waals surface area contributed by atoms with Crippen LogP contribution < -0.4 is 5.73 Å². The molecular formula is C13H10N2O. The van der Waals surface area contributed by atoms with E-state index >= 15 is 0 Å². The van der Waals surface area contributed by atoms with E-state index in [4.69, 9.17) is 10.9 Å². The second-order valence-corrected chi connectivity index (χ2v) is 3.76. The van der Waals surface area contributed by atoms with Crippen molar-refractivity contribution in [1.82, 2.24) is 0 Å². The Balaban J connectivity index is 2.44. The highest BCUT2D eigenvalue weighted by Gasteiger charge is 2.26. The van der Waals surface area contributed by atoms with Gasteiger partial charge in [0.15, 0.2) is 0 Å². The van der Waals surface area contributed by atoms with Crippen LogP contribution in [0, 0.1) is 0 Å². The van der Waals surface area contributed by atoms with E-state index in [1.807, 2.05) is 42.5 Å². The molecule has 3 nitrogen and oxygen atoms in total. The van der Waals surface area contributed by atoms with Crippen LogP contribution in [0.4, 0.5) is 5.69 Å². The molecule has 1 aliphatic rings. The fourth-order valence-electron chi connectivity index (χ4n) is 2.22. The standard InChI is InChI=1S/C13H10N2O/c14-11-7-3-6-9-8-4-1-2-5-10(8)13(15-16)12(9)11/h1-7,16H,14H2. The third-order valence-electron chi connectivity index (χ3n) is 2.91. The van der Waals surface area contributed by atoms with E-state index in [9.17, 15) is 0 Å². The summed E-state index contributed by atoms with van der Waals surface area (Å²) in [6.45, 7) is 0. The maximum atomic E-state index is 9.12. The van der Waals surface area contributed by atoms with Crippen molar-refractivity contribution in [2.24, 2.45) is 5.16 Å². The fourth-order valence-corrected chi connectivity index (χ4v) is 2.22. The van der Waals surface area contributed by atoms with Crippen LogP contribution in [-0.2, 0) is 0 Å². The lowest BCUT2D eigenvalue weighted by Crippen LogP contribution is -2.02. The number of rotatable bonds is 0. The van der Waals surface area contributed by atoms with E-state index in [1.165, 1.54) is 0 Å². The van der Waals surface area contributed by atoms with Crippen molar-refractivity contribution in [2.75, 3.05) is 5.73 Å². The normalized spacial score (nSPS) is 14.9. The first-order valence-electron chi connectivity index (χ1n) is 5.03. The summed E-state index contributed by atoms with van der Waals surface area (Å²) < 4.78 is 0. The molecule has 0 radical (unpaired) electrons. The molecule has 3 N–H and O–H groups in total. The summed E-state index contributed by atoms with van der Waals surface area (Å²) in [4.78, 5) is 0. The molecule has 0 spiro atoms. The summed E-state index contributed by atoms with van der Waals surface area (Å²) in [5.41, 5.74) is 11.0. The van der Waals surface area contributed by atoms with Crippen molar-refractivity contribution in [3.05, 3.63) is 53.6 Å². The SMILES string of the molecule is Nc1cccc2c1C(=NO)c1ccccc1-2. The van der Waals surface area contributed by atoms with E-state index in [1.54, 1.807) is 0 Å². The monoisotopic (exact) mass is 210 g/mol. The molecule has 0 saturated heterocycles. The minimum atomic E-state index is 0.559. The Morgan fingerprint density at radius 3 is 2.31 bits per heavy atom. The first-order valence-corrected chi connectivity index (χ1v) is 5.03. The lowest BCUT2D eigenvalue weighted by Gasteiger charge is -2.02. The molecule has 0 aliphatic heterocycles. The minimum absolute atomic E-state index is 0.559. The Bertz CT molecular complexity index is 603. The van der Waals surface area contributed by atoms with Gasteiger partial charge < -0.3 is 10.9 Å². The van der Waals surface area contributed by atoms with E-state index in [0.717, 1.165) is 22.3 Å². The highest BCUT2D eigenvalue weighted by atomic mass is 16.4. The first-order chi connectivity index (χ1) is 7.83. The first kappa shape index (κ1) is 8.97. The molecule has 2 aromatic carbocycles. The van der Waals surface area contributed by atoms with Gasteiger partial charge in [0.05, 0.1) is 0 Å². The van der Waals surface area contributed by atoms with Crippen LogP contribution in [0.3, 0.4) is 0 Å². The third-order valence-corrected chi connectivity index (χ3v) is 2.91. The minimum Gasteiger partial charge on any atom is -0.410 e.